The van der Waals surface area contributed by atoms with Crippen molar-refractivity contribution in [3.05, 3.63) is 23.8 Å². The van der Waals surface area contributed by atoms with Gasteiger partial charge in [0.2, 0.25) is 0 Å². The highest BCUT2D eigenvalue weighted by molar-refractivity contribution is 5.40. The van der Waals surface area contributed by atoms with Crippen molar-refractivity contribution in [2.45, 2.75) is 6.54 Å². The maximum atomic E-state index is 5.28. The van der Waals surface area contributed by atoms with Gasteiger partial charge >= 0.3 is 0 Å². The standard InChI is InChI=1S/C11H18N2O2/c1-12-8-13-7-9-4-5-10(14-2)6-11(9)15-3/h4-6,12-13H,7-8H2,1-3H3. The van der Waals surface area contributed by atoms with E-state index in [0.29, 0.717) is 0 Å². The highest BCUT2D eigenvalue weighted by Crippen LogP contribution is 2.24. The lowest BCUT2D eigenvalue weighted by molar-refractivity contribution is 0.389. The first-order valence-corrected chi connectivity index (χ1v) is 4.88. The molecule has 0 aliphatic heterocycles. The zero-order chi connectivity index (χ0) is 11.1. The highest BCUT2D eigenvalue weighted by Gasteiger charge is 2.03. The smallest absolute Gasteiger partial charge is 0.127 e. The fraction of sp³-hybridized carbons (Fsp3) is 0.455. The number of ether oxygens (including phenoxy) is 2. The van der Waals surface area contributed by atoms with Crippen LogP contribution < -0.4 is 20.1 Å². The molecule has 1 aromatic carbocycles. The quantitative estimate of drug-likeness (QED) is 0.542. The molecule has 4 nitrogen and oxygen atoms in total. The Morgan fingerprint density at radius 3 is 2.60 bits per heavy atom. The van der Waals surface area contributed by atoms with Gasteiger partial charge in [-0.15, -0.1) is 0 Å². The van der Waals surface area contributed by atoms with Gasteiger partial charge in [0.25, 0.3) is 0 Å². The maximum absolute atomic E-state index is 5.28. The minimum Gasteiger partial charge on any atom is -0.497 e. The van der Waals surface area contributed by atoms with Crippen molar-refractivity contribution < 1.29 is 9.47 Å². The lowest BCUT2D eigenvalue weighted by Gasteiger charge is -2.10. The Kier molecular flexibility index (Phi) is 4.93. The van der Waals surface area contributed by atoms with E-state index in [1.54, 1.807) is 14.2 Å². The minimum absolute atomic E-state index is 0.772. The zero-order valence-corrected chi connectivity index (χ0v) is 9.46. The molecule has 0 heterocycles. The summed E-state index contributed by atoms with van der Waals surface area (Å²) < 4.78 is 10.4. The average molecular weight is 210 g/mol. The Labute approximate surface area is 90.6 Å². The van der Waals surface area contributed by atoms with Gasteiger partial charge in [0.1, 0.15) is 11.5 Å². The second-order valence-corrected chi connectivity index (χ2v) is 3.13. The predicted molar refractivity (Wildman–Crippen MR) is 60.3 cm³/mol. The summed E-state index contributed by atoms with van der Waals surface area (Å²) in [4.78, 5) is 0. The van der Waals surface area contributed by atoms with E-state index in [0.717, 1.165) is 30.3 Å². The number of benzene rings is 1. The average Bonchev–Trinajstić information content (AvgIpc) is 2.29. The van der Waals surface area contributed by atoms with Crippen LogP contribution in [0.1, 0.15) is 5.56 Å². The number of rotatable bonds is 6. The molecule has 0 aliphatic carbocycles. The lowest BCUT2D eigenvalue weighted by atomic mass is 10.2. The summed E-state index contributed by atoms with van der Waals surface area (Å²) in [6.07, 6.45) is 0. The summed E-state index contributed by atoms with van der Waals surface area (Å²) in [5.41, 5.74) is 1.12. The molecular weight excluding hydrogens is 192 g/mol. The molecule has 0 radical (unpaired) electrons. The van der Waals surface area contributed by atoms with Crippen LogP contribution in [0.4, 0.5) is 0 Å². The molecule has 0 amide bonds. The molecule has 0 spiro atoms. The van der Waals surface area contributed by atoms with E-state index in [1.807, 2.05) is 25.2 Å². The van der Waals surface area contributed by atoms with Crippen molar-refractivity contribution in [1.29, 1.82) is 0 Å². The van der Waals surface area contributed by atoms with Crippen molar-refractivity contribution >= 4 is 0 Å². The third-order valence-corrected chi connectivity index (χ3v) is 2.11. The van der Waals surface area contributed by atoms with E-state index in [4.69, 9.17) is 9.47 Å². The van der Waals surface area contributed by atoms with Crippen molar-refractivity contribution in [2.24, 2.45) is 0 Å². The van der Waals surface area contributed by atoms with Gasteiger partial charge in [0, 0.05) is 24.8 Å². The van der Waals surface area contributed by atoms with Crippen LogP contribution in [0.2, 0.25) is 0 Å². The van der Waals surface area contributed by atoms with Crippen molar-refractivity contribution in [3.63, 3.8) is 0 Å². The van der Waals surface area contributed by atoms with E-state index >= 15 is 0 Å². The van der Waals surface area contributed by atoms with Crippen LogP contribution in [-0.4, -0.2) is 27.9 Å². The Morgan fingerprint density at radius 2 is 2.00 bits per heavy atom. The topological polar surface area (TPSA) is 42.5 Å². The summed E-state index contributed by atoms with van der Waals surface area (Å²) in [7, 11) is 5.21. The normalized spacial score (nSPS) is 10.1. The Hall–Kier alpha value is -1.26. The van der Waals surface area contributed by atoms with Gasteiger partial charge in [-0.25, -0.2) is 0 Å². The SMILES string of the molecule is CNCNCc1ccc(OC)cc1OC. The van der Waals surface area contributed by atoms with Crippen molar-refractivity contribution in [3.8, 4) is 11.5 Å². The van der Waals surface area contributed by atoms with Gasteiger partial charge in [-0.2, -0.15) is 0 Å². The predicted octanol–water partition coefficient (Wildman–Crippen LogP) is 0.970. The van der Waals surface area contributed by atoms with Crippen LogP contribution in [0.15, 0.2) is 18.2 Å². The molecule has 4 heteroatoms. The number of hydrogen-bond acceptors (Lipinski definition) is 4. The molecule has 0 bridgehead atoms. The second-order valence-electron chi connectivity index (χ2n) is 3.13. The first kappa shape index (κ1) is 11.8. The van der Waals surface area contributed by atoms with E-state index < -0.39 is 0 Å². The summed E-state index contributed by atoms with van der Waals surface area (Å²) in [5, 5.41) is 6.25. The molecule has 0 saturated carbocycles. The van der Waals surface area contributed by atoms with Crippen LogP contribution >= 0.6 is 0 Å². The maximum Gasteiger partial charge on any atom is 0.127 e. The Balaban J connectivity index is 2.69. The molecule has 0 aliphatic rings. The fourth-order valence-electron chi connectivity index (χ4n) is 1.32. The van der Waals surface area contributed by atoms with Gasteiger partial charge in [-0.3, -0.25) is 0 Å². The molecule has 2 N–H and O–H groups in total. The van der Waals surface area contributed by atoms with Gasteiger partial charge in [0.15, 0.2) is 0 Å². The molecule has 15 heavy (non-hydrogen) atoms. The van der Waals surface area contributed by atoms with Crippen molar-refractivity contribution in [2.75, 3.05) is 27.9 Å². The molecule has 0 atom stereocenters. The second kappa shape index (κ2) is 6.27. The van der Waals surface area contributed by atoms with Crippen LogP contribution in [0, 0.1) is 0 Å². The van der Waals surface area contributed by atoms with Crippen LogP contribution in [-0.2, 0) is 6.54 Å². The Morgan fingerprint density at radius 1 is 1.20 bits per heavy atom. The van der Waals surface area contributed by atoms with E-state index in [-0.39, 0.29) is 0 Å². The fourth-order valence-corrected chi connectivity index (χ4v) is 1.32. The summed E-state index contributed by atoms with van der Waals surface area (Å²) in [5.74, 6) is 1.65. The van der Waals surface area contributed by atoms with Gasteiger partial charge in [-0.05, 0) is 13.1 Å². The third-order valence-electron chi connectivity index (χ3n) is 2.11. The van der Waals surface area contributed by atoms with E-state index in [1.165, 1.54) is 0 Å². The van der Waals surface area contributed by atoms with Gasteiger partial charge in [-0.1, -0.05) is 6.07 Å². The first-order valence-electron chi connectivity index (χ1n) is 4.88. The monoisotopic (exact) mass is 210 g/mol. The lowest BCUT2D eigenvalue weighted by Crippen LogP contribution is -2.25. The van der Waals surface area contributed by atoms with Crippen LogP contribution in [0.3, 0.4) is 0 Å². The number of methoxy groups -OCH3 is 2. The molecular formula is C11H18N2O2. The Bertz CT molecular complexity index is 303. The summed E-state index contributed by atoms with van der Waals surface area (Å²) in [6, 6.07) is 5.82. The summed E-state index contributed by atoms with van der Waals surface area (Å²) >= 11 is 0. The molecule has 0 fully saturated rings. The zero-order valence-electron chi connectivity index (χ0n) is 9.46. The number of hydrogen-bond donors (Lipinski definition) is 2. The van der Waals surface area contributed by atoms with Crippen LogP contribution in [0.25, 0.3) is 0 Å². The largest absolute Gasteiger partial charge is 0.497 e. The molecule has 84 valence electrons. The molecule has 0 saturated heterocycles. The van der Waals surface area contributed by atoms with E-state index in [9.17, 15) is 0 Å². The third kappa shape index (κ3) is 3.42. The van der Waals surface area contributed by atoms with Crippen LogP contribution in [0.5, 0.6) is 11.5 Å². The summed E-state index contributed by atoms with van der Waals surface area (Å²) in [6.45, 7) is 1.54. The molecule has 0 aromatic heterocycles. The number of nitrogens with one attached hydrogen (secondary N) is 2. The van der Waals surface area contributed by atoms with E-state index in [2.05, 4.69) is 10.6 Å². The first-order chi connectivity index (χ1) is 7.31. The van der Waals surface area contributed by atoms with Gasteiger partial charge < -0.3 is 20.1 Å². The molecule has 1 aromatic rings. The van der Waals surface area contributed by atoms with Crippen molar-refractivity contribution in [1.82, 2.24) is 10.6 Å². The molecule has 1 rings (SSSR count). The molecule has 0 unspecified atom stereocenters. The van der Waals surface area contributed by atoms with Gasteiger partial charge in [0.05, 0.1) is 14.2 Å². The highest BCUT2D eigenvalue weighted by atomic mass is 16.5. The minimum atomic E-state index is 0.772.